The highest BCUT2D eigenvalue weighted by molar-refractivity contribution is 7.89. The lowest BCUT2D eigenvalue weighted by Crippen LogP contribution is -2.42. The van der Waals surface area contributed by atoms with Gasteiger partial charge in [0.1, 0.15) is 0 Å². The number of piperidine rings is 1. The summed E-state index contributed by atoms with van der Waals surface area (Å²) in [6, 6.07) is 16.3. The van der Waals surface area contributed by atoms with Crippen LogP contribution in [0.1, 0.15) is 55.6 Å². The van der Waals surface area contributed by atoms with Gasteiger partial charge in [0.05, 0.1) is 10.9 Å². The Morgan fingerprint density at radius 2 is 1.74 bits per heavy atom. The topological polar surface area (TPSA) is 78.5 Å². The van der Waals surface area contributed by atoms with Crippen molar-refractivity contribution in [1.29, 1.82) is 0 Å². The van der Waals surface area contributed by atoms with Gasteiger partial charge in [-0.3, -0.25) is 9.69 Å². The Balaban J connectivity index is 1.73. The summed E-state index contributed by atoms with van der Waals surface area (Å²) in [5, 5.41) is 3.03. The van der Waals surface area contributed by atoms with Crippen molar-refractivity contribution in [2.45, 2.75) is 50.6 Å². The van der Waals surface area contributed by atoms with E-state index < -0.39 is 10.0 Å². The van der Waals surface area contributed by atoms with E-state index in [2.05, 4.69) is 34.0 Å². The third kappa shape index (κ3) is 6.38. The van der Waals surface area contributed by atoms with Gasteiger partial charge in [-0.2, -0.15) is 0 Å². The van der Waals surface area contributed by atoms with E-state index in [0.29, 0.717) is 12.1 Å². The second kappa shape index (κ2) is 10.4. The Bertz CT molecular complexity index is 969. The summed E-state index contributed by atoms with van der Waals surface area (Å²) in [5.74, 6) is 0.458. The predicted molar refractivity (Wildman–Crippen MR) is 123 cm³/mol. The van der Waals surface area contributed by atoms with Crippen LogP contribution < -0.4 is 10.0 Å². The van der Waals surface area contributed by atoms with Crippen LogP contribution in [0.25, 0.3) is 0 Å². The van der Waals surface area contributed by atoms with Crippen molar-refractivity contribution >= 4 is 15.9 Å². The molecule has 1 saturated heterocycles. The van der Waals surface area contributed by atoms with E-state index >= 15 is 0 Å². The van der Waals surface area contributed by atoms with Gasteiger partial charge in [0.25, 0.3) is 5.91 Å². The molecule has 2 aromatic rings. The zero-order valence-electron chi connectivity index (χ0n) is 18.5. The molecule has 1 aliphatic heterocycles. The number of nitrogens with one attached hydrogen (secondary N) is 2. The third-order valence-corrected chi connectivity index (χ3v) is 7.35. The molecule has 1 unspecified atom stereocenters. The molecule has 0 bridgehead atoms. The maximum atomic E-state index is 12.9. The largest absolute Gasteiger partial charge is 0.350 e. The molecular formula is C24H33N3O3S. The van der Waals surface area contributed by atoms with Crippen LogP contribution in [0.2, 0.25) is 0 Å². The number of rotatable bonds is 8. The first-order chi connectivity index (χ1) is 14.8. The van der Waals surface area contributed by atoms with Crippen LogP contribution in [-0.4, -0.2) is 44.9 Å². The van der Waals surface area contributed by atoms with Gasteiger partial charge >= 0.3 is 0 Å². The predicted octanol–water partition coefficient (Wildman–Crippen LogP) is 3.58. The number of likely N-dealkylation sites (tertiary alicyclic amines) is 1. The Kier molecular flexibility index (Phi) is 7.86. The van der Waals surface area contributed by atoms with Crippen LogP contribution in [0.5, 0.6) is 0 Å². The minimum Gasteiger partial charge on any atom is -0.350 e. The molecule has 0 spiro atoms. The minimum absolute atomic E-state index is 0.0900. The van der Waals surface area contributed by atoms with Crippen molar-refractivity contribution in [2.75, 3.05) is 19.6 Å². The zero-order valence-corrected chi connectivity index (χ0v) is 19.4. The van der Waals surface area contributed by atoms with E-state index in [1.54, 1.807) is 26.0 Å². The molecule has 168 valence electrons. The van der Waals surface area contributed by atoms with Crippen molar-refractivity contribution in [3.63, 3.8) is 0 Å². The van der Waals surface area contributed by atoms with Crippen LogP contribution >= 0.6 is 0 Å². The Morgan fingerprint density at radius 1 is 1.06 bits per heavy atom. The molecule has 1 fully saturated rings. The number of amides is 1. The zero-order chi connectivity index (χ0) is 22.4. The molecule has 1 atom stereocenters. The summed E-state index contributed by atoms with van der Waals surface area (Å²) < 4.78 is 27.5. The molecule has 0 saturated carbocycles. The van der Waals surface area contributed by atoms with Crippen LogP contribution in [0, 0.1) is 5.92 Å². The fraction of sp³-hybridized carbons (Fsp3) is 0.458. The van der Waals surface area contributed by atoms with E-state index in [1.165, 1.54) is 17.7 Å². The summed E-state index contributed by atoms with van der Waals surface area (Å²) in [6.45, 7) is 8.29. The number of hydrogen-bond donors (Lipinski definition) is 2. The fourth-order valence-corrected chi connectivity index (χ4v) is 5.24. The number of nitrogens with zero attached hydrogens (tertiary/aromatic N) is 1. The number of carbonyl (C=O) groups excluding carboxylic acids is 1. The van der Waals surface area contributed by atoms with Gasteiger partial charge in [-0.25, -0.2) is 13.1 Å². The summed E-state index contributed by atoms with van der Waals surface area (Å²) in [6.07, 6.45) is 2.31. The van der Waals surface area contributed by atoms with Crippen molar-refractivity contribution in [2.24, 2.45) is 5.92 Å². The van der Waals surface area contributed by atoms with Gasteiger partial charge < -0.3 is 5.32 Å². The lowest BCUT2D eigenvalue weighted by Gasteiger charge is -2.37. The highest BCUT2D eigenvalue weighted by atomic mass is 32.2. The van der Waals surface area contributed by atoms with Gasteiger partial charge in [0.2, 0.25) is 10.0 Å². The van der Waals surface area contributed by atoms with Crippen LogP contribution in [0.4, 0.5) is 0 Å². The average molecular weight is 444 g/mol. The molecule has 7 heteroatoms. The quantitative estimate of drug-likeness (QED) is 0.654. The monoisotopic (exact) mass is 443 g/mol. The summed E-state index contributed by atoms with van der Waals surface area (Å²) in [7, 11) is -3.65. The number of carbonyl (C=O) groups is 1. The van der Waals surface area contributed by atoms with Crippen molar-refractivity contribution in [3.05, 3.63) is 65.7 Å². The molecular weight excluding hydrogens is 410 g/mol. The maximum Gasteiger partial charge on any atom is 0.251 e. The van der Waals surface area contributed by atoms with Crippen LogP contribution in [0.3, 0.4) is 0 Å². The molecule has 31 heavy (non-hydrogen) atoms. The first-order valence-corrected chi connectivity index (χ1v) is 12.4. The normalized spacial score (nSPS) is 16.9. The molecule has 3 rings (SSSR count). The summed E-state index contributed by atoms with van der Waals surface area (Å²) in [5.41, 5.74) is 1.51. The van der Waals surface area contributed by atoms with Crippen molar-refractivity contribution < 1.29 is 13.2 Å². The molecule has 6 nitrogen and oxygen atoms in total. The average Bonchev–Trinajstić information content (AvgIpc) is 2.75. The smallest absolute Gasteiger partial charge is 0.251 e. The first kappa shape index (κ1) is 23.4. The molecule has 2 aromatic carbocycles. The standard InChI is InChI=1S/C24H33N3O3S/c1-18(2)26-31(29,30)22-11-7-10-21(16-22)24(28)25-17-23(20-8-5-4-6-9-20)27-14-12-19(3)13-15-27/h4-11,16,18-19,23,26H,12-15,17H2,1-3H3,(H,25,28). The number of benzene rings is 2. The fourth-order valence-electron chi connectivity index (χ4n) is 3.95. The van der Waals surface area contributed by atoms with E-state index in [9.17, 15) is 13.2 Å². The molecule has 1 heterocycles. The maximum absolute atomic E-state index is 12.9. The third-order valence-electron chi connectivity index (χ3n) is 5.70. The molecule has 0 aromatic heterocycles. The molecule has 0 radical (unpaired) electrons. The summed E-state index contributed by atoms with van der Waals surface area (Å²) in [4.78, 5) is 15.4. The van der Waals surface area contributed by atoms with E-state index in [-0.39, 0.29) is 22.9 Å². The Hall–Kier alpha value is -2.22. The number of hydrogen-bond acceptors (Lipinski definition) is 4. The number of sulfonamides is 1. The van der Waals surface area contributed by atoms with Gasteiger partial charge in [-0.05, 0) is 69.5 Å². The van der Waals surface area contributed by atoms with Crippen molar-refractivity contribution in [1.82, 2.24) is 14.9 Å². The SMILES string of the molecule is CC1CCN(C(CNC(=O)c2cccc(S(=O)(=O)NC(C)C)c2)c2ccccc2)CC1. The van der Waals surface area contributed by atoms with Crippen LogP contribution in [-0.2, 0) is 10.0 Å². The van der Waals surface area contributed by atoms with E-state index in [0.717, 1.165) is 31.8 Å². The lowest BCUT2D eigenvalue weighted by molar-refractivity contribution is 0.0913. The van der Waals surface area contributed by atoms with Gasteiger partial charge in [0, 0.05) is 18.2 Å². The second-order valence-corrected chi connectivity index (χ2v) is 10.4. The molecule has 1 amide bonds. The second-order valence-electron chi connectivity index (χ2n) is 8.66. The molecule has 0 aliphatic carbocycles. The van der Waals surface area contributed by atoms with E-state index in [4.69, 9.17) is 0 Å². The molecule has 1 aliphatic rings. The van der Waals surface area contributed by atoms with E-state index in [1.807, 2.05) is 18.2 Å². The Morgan fingerprint density at radius 3 is 2.39 bits per heavy atom. The summed E-state index contributed by atoms with van der Waals surface area (Å²) >= 11 is 0. The highest BCUT2D eigenvalue weighted by Gasteiger charge is 2.25. The minimum atomic E-state index is -3.65. The van der Waals surface area contributed by atoms with Crippen molar-refractivity contribution in [3.8, 4) is 0 Å². The first-order valence-electron chi connectivity index (χ1n) is 11.0. The Labute approximate surface area is 186 Å². The van der Waals surface area contributed by atoms with Gasteiger partial charge in [0.15, 0.2) is 0 Å². The van der Waals surface area contributed by atoms with Gasteiger partial charge in [-0.15, -0.1) is 0 Å². The molecule has 2 N–H and O–H groups in total. The highest BCUT2D eigenvalue weighted by Crippen LogP contribution is 2.26. The van der Waals surface area contributed by atoms with Gasteiger partial charge in [-0.1, -0.05) is 43.3 Å². The lowest BCUT2D eigenvalue weighted by atomic mass is 9.95. The van der Waals surface area contributed by atoms with Crippen LogP contribution in [0.15, 0.2) is 59.5 Å².